The number of amides is 1. The van der Waals surface area contributed by atoms with Crippen molar-refractivity contribution in [3.63, 3.8) is 0 Å². The first-order valence-electron chi connectivity index (χ1n) is 9.71. The molecule has 0 aliphatic carbocycles. The van der Waals surface area contributed by atoms with Crippen molar-refractivity contribution in [2.75, 3.05) is 11.9 Å². The van der Waals surface area contributed by atoms with E-state index in [1.165, 1.54) is 0 Å². The number of aliphatic hydroxyl groups excluding tert-OH is 1. The number of benzene rings is 2. The molecule has 0 saturated carbocycles. The van der Waals surface area contributed by atoms with Crippen molar-refractivity contribution in [1.82, 2.24) is 0 Å². The normalized spacial score (nSPS) is 11.0. The quantitative estimate of drug-likeness (QED) is 0.579. The number of nitrogens with one attached hydrogen (secondary N) is 1. The third-order valence-electron chi connectivity index (χ3n) is 4.76. The van der Waals surface area contributed by atoms with Crippen LogP contribution >= 0.6 is 0 Å². The fourth-order valence-corrected chi connectivity index (χ4v) is 3.10. The van der Waals surface area contributed by atoms with Gasteiger partial charge in [0.2, 0.25) is 0 Å². The highest BCUT2D eigenvalue weighted by molar-refractivity contribution is 5.93. The van der Waals surface area contributed by atoms with Crippen LogP contribution in [0.1, 0.15) is 42.2 Å². The molecule has 0 saturated heterocycles. The summed E-state index contributed by atoms with van der Waals surface area (Å²) in [5.41, 5.74) is 4.64. The number of furan rings is 1. The van der Waals surface area contributed by atoms with Gasteiger partial charge in [-0.2, -0.15) is 0 Å². The highest BCUT2D eigenvalue weighted by Gasteiger charge is 2.12. The molecule has 0 aliphatic rings. The summed E-state index contributed by atoms with van der Waals surface area (Å²) in [5, 5.41) is 12.1. The van der Waals surface area contributed by atoms with Crippen LogP contribution in [0.4, 0.5) is 5.69 Å². The van der Waals surface area contributed by atoms with Crippen molar-refractivity contribution >= 4 is 11.6 Å². The largest absolute Gasteiger partial charge is 0.483 e. The predicted molar refractivity (Wildman–Crippen MR) is 114 cm³/mol. The molecular weight excluding hydrogens is 366 g/mol. The Labute approximate surface area is 171 Å². The van der Waals surface area contributed by atoms with E-state index in [0.29, 0.717) is 23.1 Å². The lowest BCUT2D eigenvalue weighted by atomic mass is 10.0. The van der Waals surface area contributed by atoms with Crippen LogP contribution in [0.25, 0.3) is 11.3 Å². The monoisotopic (exact) mass is 393 g/mol. The van der Waals surface area contributed by atoms with E-state index in [9.17, 15) is 9.90 Å². The van der Waals surface area contributed by atoms with Gasteiger partial charge >= 0.3 is 0 Å². The Morgan fingerprint density at radius 1 is 1.10 bits per heavy atom. The summed E-state index contributed by atoms with van der Waals surface area (Å²) in [6.07, 6.45) is 0. The summed E-state index contributed by atoms with van der Waals surface area (Å²) < 4.78 is 11.4. The van der Waals surface area contributed by atoms with Gasteiger partial charge < -0.3 is 19.6 Å². The van der Waals surface area contributed by atoms with Gasteiger partial charge in [0.25, 0.3) is 5.91 Å². The first-order chi connectivity index (χ1) is 13.9. The molecule has 0 atom stereocenters. The second kappa shape index (κ2) is 8.97. The van der Waals surface area contributed by atoms with E-state index in [-0.39, 0.29) is 19.1 Å². The molecule has 3 rings (SSSR count). The summed E-state index contributed by atoms with van der Waals surface area (Å²) in [6.45, 7) is 7.92. The third kappa shape index (κ3) is 5.06. The Morgan fingerprint density at radius 2 is 1.90 bits per heavy atom. The van der Waals surface area contributed by atoms with Crippen molar-refractivity contribution in [2.24, 2.45) is 0 Å². The smallest absolute Gasteiger partial charge is 0.262 e. The summed E-state index contributed by atoms with van der Waals surface area (Å²) in [6, 6.07) is 15.3. The summed E-state index contributed by atoms with van der Waals surface area (Å²) >= 11 is 0. The van der Waals surface area contributed by atoms with Crippen molar-refractivity contribution < 1.29 is 19.1 Å². The van der Waals surface area contributed by atoms with Crippen LogP contribution in [0.5, 0.6) is 5.75 Å². The molecule has 5 nitrogen and oxygen atoms in total. The van der Waals surface area contributed by atoms with Gasteiger partial charge in [-0.15, -0.1) is 0 Å². The molecule has 0 spiro atoms. The molecule has 2 N–H and O–H groups in total. The number of hydrogen-bond acceptors (Lipinski definition) is 4. The van der Waals surface area contributed by atoms with Crippen LogP contribution in [0.2, 0.25) is 0 Å². The minimum absolute atomic E-state index is 0.0672. The van der Waals surface area contributed by atoms with Crippen molar-refractivity contribution in [3.8, 4) is 17.1 Å². The van der Waals surface area contributed by atoms with Crippen LogP contribution in [-0.2, 0) is 11.4 Å². The fraction of sp³-hybridized carbons (Fsp3) is 0.292. The fourth-order valence-electron chi connectivity index (χ4n) is 3.10. The minimum atomic E-state index is -0.225. The Balaban J connectivity index is 1.71. The van der Waals surface area contributed by atoms with Crippen molar-refractivity contribution in [3.05, 3.63) is 71.0 Å². The Morgan fingerprint density at radius 3 is 2.59 bits per heavy atom. The van der Waals surface area contributed by atoms with E-state index in [1.807, 2.05) is 50.2 Å². The molecule has 1 amide bonds. The molecule has 2 aromatic carbocycles. The number of ether oxygens (including phenoxy) is 1. The average Bonchev–Trinajstić information content (AvgIpc) is 3.17. The summed E-state index contributed by atoms with van der Waals surface area (Å²) in [5.74, 6) is 1.97. The maximum Gasteiger partial charge on any atom is 0.262 e. The summed E-state index contributed by atoms with van der Waals surface area (Å²) in [7, 11) is 0. The second-order valence-corrected chi connectivity index (χ2v) is 7.49. The number of carbonyl (C=O) groups excluding carboxylic acids is 1. The molecule has 1 heterocycles. The van der Waals surface area contributed by atoms with Crippen LogP contribution < -0.4 is 10.1 Å². The number of aliphatic hydroxyl groups is 1. The van der Waals surface area contributed by atoms with E-state index in [0.717, 1.165) is 28.0 Å². The molecular formula is C24H27NO4. The third-order valence-corrected chi connectivity index (χ3v) is 4.76. The highest BCUT2D eigenvalue weighted by Crippen LogP contribution is 2.29. The second-order valence-electron chi connectivity index (χ2n) is 7.49. The lowest BCUT2D eigenvalue weighted by molar-refractivity contribution is -0.118. The van der Waals surface area contributed by atoms with Crippen molar-refractivity contribution in [2.45, 2.75) is 40.2 Å². The van der Waals surface area contributed by atoms with Gasteiger partial charge in [0.1, 0.15) is 23.9 Å². The molecule has 1 aromatic heterocycles. The standard InChI is InChI=1S/C24H27NO4/c1-15(2)20-9-5-16(3)11-23(20)28-14-24(27)25-21-12-18(7-6-17(21)4)22-10-8-19(13-26)29-22/h5-12,15,26H,13-14H2,1-4H3,(H,25,27). The van der Waals surface area contributed by atoms with Gasteiger partial charge in [-0.05, 0) is 60.7 Å². The average molecular weight is 393 g/mol. The van der Waals surface area contributed by atoms with Gasteiger partial charge in [0.05, 0.1) is 0 Å². The molecule has 0 aliphatic heterocycles. The van der Waals surface area contributed by atoms with Gasteiger partial charge in [-0.3, -0.25) is 4.79 Å². The van der Waals surface area contributed by atoms with E-state index in [4.69, 9.17) is 9.15 Å². The number of carbonyl (C=O) groups is 1. The molecule has 29 heavy (non-hydrogen) atoms. The molecule has 5 heteroatoms. The van der Waals surface area contributed by atoms with Crippen LogP contribution in [0.3, 0.4) is 0 Å². The number of rotatable bonds is 7. The Hall–Kier alpha value is -3.05. The Bertz CT molecular complexity index is 1000. The first kappa shape index (κ1) is 20.7. The Kier molecular flexibility index (Phi) is 6.39. The molecule has 152 valence electrons. The van der Waals surface area contributed by atoms with Gasteiger partial charge in [0.15, 0.2) is 6.61 Å². The molecule has 0 radical (unpaired) electrons. The number of aryl methyl sites for hydroxylation is 2. The molecule has 0 unspecified atom stereocenters. The first-order valence-corrected chi connectivity index (χ1v) is 9.71. The predicted octanol–water partition coefficient (Wildman–Crippen LogP) is 5.20. The van der Waals surface area contributed by atoms with Crippen LogP contribution in [0, 0.1) is 13.8 Å². The summed E-state index contributed by atoms with van der Waals surface area (Å²) in [4.78, 5) is 12.5. The van der Waals surface area contributed by atoms with E-state index >= 15 is 0 Å². The van der Waals surface area contributed by atoms with Gasteiger partial charge in [-0.25, -0.2) is 0 Å². The lowest BCUT2D eigenvalue weighted by Crippen LogP contribution is -2.21. The van der Waals surface area contributed by atoms with Crippen molar-refractivity contribution in [1.29, 1.82) is 0 Å². The topological polar surface area (TPSA) is 71.7 Å². The van der Waals surface area contributed by atoms with Crippen LogP contribution in [-0.4, -0.2) is 17.6 Å². The zero-order chi connectivity index (χ0) is 21.0. The minimum Gasteiger partial charge on any atom is -0.483 e. The maximum atomic E-state index is 12.5. The SMILES string of the molecule is Cc1ccc(C(C)C)c(OCC(=O)Nc2cc(-c3ccc(CO)o3)ccc2C)c1. The van der Waals surface area contributed by atoms with E-state index < -0.39 is 0 Å². The molecule has 3 aromatic rings. The van der Waals surface area contributed by atoms with E-state index in [2.05, 4.69) is 19.2 Å². The molecule has 0 fully saturated rings. The van der Waals surface area contributed by atoms with Gasteiger partial charge in [-0.1, -0.05) is 38.1 Å². The molecule has 0 bridgehead atoms. The van der Waals surface area contributed by atoms with Gasteiger partial charge in [0, 0.05) is 11.3 Å². The number of hydrogen-bond donors (Lipinski definition) is 2. The van der Waals surface area contributed by atoms with Crippen LogP contribution in [0.15, 0.2) is 52.9 Å². The highest BCUT2D eigenvalue weighted by atomic mass is 16.5. The zero-order valence-electron chi connectivity index (χ0n) is 17.3. The van der Waals surface area contributed by atoms with E-state index in [1.54, 1.807) is 12.1 Å². The lowest BCUT2D eigenvalue weighted by Gasteiger charge is -2.15. The maximum absolute atomic E-state index is 12.5. The zero-order valence-corrected chi connectivity index (χ0v) is 17.3. The number of anilines is 1.